The van der Waals surface area contributed by atoms with E-state index in [1.807, 2.05) is 0 Å². The first-order valence-electron chi connectivity index (χ1n) is 7.94. The van der Waals surface area contributed by atoms with Crippen LogP contribution in [0.3, 0.4) is 0 Å². The van der Waals surface area contributed by atoms with E-state index in [-0.39, 0.29) is 5.56 Å². The molecule has 2 nitrogen and oxygen atoms in total. The molecular formula is C16H10Br2F11NO. The number of fused-ring (bicyclic) bond motifs is 1. The maximum atomic E-state index is 13.8. The summed E-state index contributed by atoms with van der Waals surface area (Å²) in [4.78, 5) is 0. The molecule has 2 N–H and O–H groups in total. The maximum absolute atomic E-state index is 13.8. The van der Waals surface area contributed by atoms with Crippen molar-refractivity contribution in [2.75, 3.05) is 6.54 Å². The fraction of sp³-hybridized carbons (Fsp3) is 0.500. The summed E-state index contributed by atoms with van der Waals surface area (Å²) in [7, 11) is 0. The van der Waals surface area contributed by atoms with Gasteiger partial charge in [-0.2, -0.15) is 48.3 Å². The first-order chi connectivity index (χ1) is 13.8. The standard InChI is InChI=1S/C16H10Br2F11NO/c17-8-3-6-1-2-10(11(31)7(6)4-9(8)18)30-5-12(19,20)13(21,22)14(23,24)15(25,26)16(27,28)29/h1-4,10-11,30-31H,5H2/t10-,11-/m1/s1. The van der Waals surface area contributed by atoms with Gasteiger partial charge < -0.3 is 10.4 Å². The Morgan fingerprint density at radius 1 is 0.806 bits per heavy atom. The average molecular weight is 601 g/mol. The fourth-order valence-electron chi connectivity index (χ4n) is 2.63. The van der Waals surface area contributed by atoms with Gasteiger partial charge >= 0.3 is 29.9 Å². The molecule has 0 unspecified atom stereocenters. The number of aliphatic hydroxyl groups excluding tert-OH is 1. The van der Waals surface area contributed by atoms with Crippen molar-refractivity contribution in [3.05, 3.63) is 38.3 Å². The molecule has 15 heteroatoms. The van der Waals surface area contributed by atoms with Gasteiger partial charge in [0.1, 0.15) is 0 Å². The maximum Gasteiger partial charge on any atom is 0.460 e. The fourth-order valence-corrected chi connectivity index (χ4v) is 3.35. The minimum Gasteiger partial charge on any atom is -0.386 e. The first kappa shape index (κ1) is 26.3. The molecule has 0 amide bonds. The van der Waals surface area contributed by atoms with E-state index in [0.29, 0.717) is 14.5 Å². The van der Waals surface area contributed by atoms with Gasteiger partial charge in [-0.1, -0.05) is 12.2 Å². The van der Waals surface area contributed by atoms with Crippen molar-refractivity contribution >= 4 is 37.9 Å². The van der Waals surface area contributed by atoms with E-state index in [0.717, 1.165) is 6.08 Å². The predicted octanol–water partition coefficient (Wildman–Crippen LogP) is 6.33. The van der Waals surface area contributed by atoms with Crippen LogP contribution in [0.1, 0.15) is 17.2 Å². The van der Waals surface area contributed by atoms with Crippen LogP contribution in [0.25, 0.3) is 6.08 Å². The van der Waals surface area contributed by atoms with Gasteiger partial charge in [-0.15, -0.1) is 0 Å². The zero-order valence-corrected chi connectivity index (χ0v) is 17.7. The molecule has 1 aliphatic carbocycles. The molecule has 2 rings (SSSR count). The van der Waals surface area contributed by atoms with Gasteiger partial charge in [0.25, 0.3) is 0 Å². The highest BCUT2D eigenvalue weighted by Gasteiger charge is 2.86. The van der Waals surface area contributed by atoms with Gasteiger partial charge in [0, 0.05) is 8.95 Å². The minimum atomic E-state index is -7.46. The number of hydrogen-bond acceptors (Lipinski definition) is 2. The van der Waals surface area contributed by atoms with Crippen molar-refractivity contribution in [1.29, 1.82) is 0 Å². The van der Waals surface area contributed by atoms with Crippen LogP contribution in [-0.2, 0) is 0 Å². The minimum absolute atomic E-state index is 0.110. The van der Waals surface area contributed by atoms with Crippen LogP contribution >= 0.6 is 31.9 Å². The molecule has 0 saturated heterocycles. The lowest BCUT2D eigenvalue weighted by atomic mass is 9.91. The average Bonchev–Trinajstić information content (AvgIpc) is 2.61. The molecule has 0 spiro atoms. The molecule has 1 aromatic carbocycles. The first-order valence-corrected chi connectivity index (χ1v) is 9.53. The summed E-state index contributed by atoms with van der Waals surface area (Å²) in [6, 6.07) is 1.27. The third kappa shape index (κ3) is 4.34. The van der Waals surface area contributed by atoms with E-state index in [9.17, 15) is 53.4 Å². The lowest BCUT2D eigenvalue weighted by molar-refractivity contribution is -0.421. The molecule has 0 heterocycles. The molecule has 0 aromatic heterocycles. The van der Waals surface area contributed by atoms with Crippen molar-refractivity contribution in [3.63, 3.8) is 0 Å². The molecule has 0 fully saturated rings. The van der Waals surface area contributed by atoms with Crippen LogP contribution in [0.4, 0.5) is 48.3 Å². The molecule has 1 aliphatic rings. The highest BCUT2D eigenvalue weighted by molar-refractivity contribution is 9.13. The van der Waals surface area contributed by atoms with Crippen LogP contribution in [0.5, 0.6) is 0 Å². The van der Waals surface area contributed by atoms with Crippen molar-refractivity contribution in [3.8, 4) is 0 Å². The molecule has 176 valence electrons. The highest BCUT2D eigenvalue weighted by atomic mass is 79.9. The van der Waals surface area contributed by atoms with Crippen molar-refractivity contribution in [1.82, 2.24) is 5.32 Å². The smallest absolute Gasteiger partial charge is 0.386 e. The van der Waals surface area contributed by atoms with Crippen molar-refractivity contribution in [2.45, 2.75) is 42.0 Å². The van der Waals surface area contributed by atoms with E-state index >= 15 is 0 Å². The van der Waals surface area contributed by atoms with E-state index in [4.69, 9.17) is 0 Å². The van der Waals surface area contributed by atoms with E-state index < -0.39 is 48.6 Å². The zero-order chi connectivity index (χ0) is 24.2. The summed E-state index contributed by atoms with van der Waals surface area (Å²) < 4.78 is 144. The molecule has 0 radical (unpaired) electrons. The Labute approximate surface area is 183 Å². The molecule has 31 heavy (non-hydrogen) atoms. The van der Waals surface area contributed by atoms with Crippen LogP contribution in [0.15, 0.2) is 27.2 Å². The molecule has 1 aromatic rings. The Bertz CT molecular complexity index is 870. The Hall–Kier alpha value is -0.930. The Morgan fingerprint density at radius 3 is 1.84 bits per heavy atom. The predicted molar refractivity (Wildman–Crippen MR) is 93.5 cm³/mol. The number of benzene rings is 1. The van der Waals surface area contributed by atoms with Gasteiger partial charge in [-0.05, 0) is 55.1 Å². The normalized spacial score (nSPS) is 20.7. The van der Waals surface area contributed by atoms with Gasteiger partial charge in [-0.25, -0.2) is 0 Å². The second-order valence-corrected chi connectivity index (χ2v) is 8.24. The van der Waals surface area contributed by atoms with Gasteiger partial charge in [-0.3, -0.25) is 0 Å². The van der Waals surface area contributed by atoms with Crippen LogP contribution < -0.4 is 5.32 Å². The molecule has 2 atom stereocenters. The molecule has 0 bridgehead atoms. The largest absolute Gasteiger partial charge is 0.460 e. The molecule has 0 saturated carbocycles. The number of hydrogen-bond donors (Lipinski definition) is 2. The second-order valence-electron chi connectivity index (χ2n) is 6.53. The summed E-state index contributed by atoms with van der Waals surface area (Å²) in [5.41, 5.74) is 0.494. The van der Waals surface area contributed by atoms with E-state index in [1.54, 1.807) is 5.32 Å². The summed E-state index contributed by atoms with van der Waals surface area (Å²) in [5.74, 6) is -28.1. The number of halogens is 13. The number of nitrogens with one attached hydrogen (secondary N) is 1. The van der Waals surface area contributed by atoms with E-state index in [2.05, 4.69) is 31.9 Å². The molecular weight excluding hydrogens is 591 g/mol. The third-order valence-electron chi connectivity index (χ3n) is 4.43. The van der Waals surface area contributed by atoms with Crippen LogP contribution in [0, 0.1) is 0 Å². The van der Waals surface area contributed by atoms with Crippen molar-refractivity contribution in [2.24, 2.45) is 0 Å². The Morgan fingerprint density at radius 2 is 1.32 bits per heavy atom. The second kappa shape index (κ2) is 8.13. The monoisotopic (exact) mass is 599 g/mol. The van der Waals surface area contributed by atoms with E-state index in [1.165, 1.54) is 18.2 Å². The van der Waals surface area contributed by atoms with Crippen molar-refractivity contribution < 1.29 is 53.4 Å². The third-order valence-corrected chi connectivity index (χ3v) is 6.28. The van der Waals surface area contributed by atoms with Crippen LogP contribution in [0.2, 0.25) is 0 Å². The summed E-state index contributed by atoms with van der Waals surface area (Å²) in [5, 5.41) is 11.8. The number of aliphatic hydroxyl groups is 1. The van der Waals surface area contributed by atoms with Crippen LogP contribution in [-0.4, -0.2) is 47.6 Å². The SMILES string of the molecule is O[C@@H]1c2cc(Br)c(Br)cc2C=C[C@H]1NCC(F)(F)C(F)(F)C(F)(F)C(F)(F)C(F)(F)F. The Kier molecular flexibility index (Phi) is 6.91. The summed E-state index contributed by atoms with van der Waals surface area (Å²) in [6.45, 7) is -2.44. The molecule has 0 aliphatic heterocycles. The summed E-state index contributed by atoms with van der Waals surface area (Å²) in [6.07, 6.45) is -6.60. The zero-order valence-electron chi connectivity index (χ0n) is 14.5. The highest BCUT2D eigenvalue weighted by Crippen LogP contribution is 2.57. The number of rotatable bonds is 6. The van der Waals surface area contributed by atoms with Gasteiger partial charge in [0.15, 0.2) is 0 Å². The lowest BCUT2D eigenvalue weighted by Gasteiger charge is -2.38. The topological polar surface area (TPSA) is 32.3 Å². The quantitative estimate of drug-likeness (QED) is 0.374. The lowest BCUT2D eigenvalue weighted by Crippen LogP contribution is -2.68. The number of alkyl halides is 11. The summed E-state index contributed by atoms with van der Waals surface area (Å²) >= 11 is 6.27. The van der Waals surface area contributed by atoms with Gasteiger partial charge in [0.05, 0.1) is 18.7 Å². The Balaban J connectivity index is 2.25. The van der Waals surface area contributed by atoms with Gasteiger partial charge in [0.2, 0.25) is 0 Å².